The molecule has 21 heavy (non-hydrogen) atoms. The van der Waals surface area contributed by atoms with Gasteiger partial charge in [0.1, 0.15) is 5.82 Å². The van der Waals surface area contributed by atoms with Crippen molar-refractivity contribution < 1.29 is 4.39 Å². The van der Waals surface area contributed by atoms with Crippen LogP contribution < -0.4 is 5.32 Å². The third kappa shape index (κ3) is 4.43. The minimum atomic E-state index is -0.327. The maximum Gasteiger partial charge on any atom is 0.129 e. The molecule has 2 rings (SSSR count). The zero-order valence-corrected chi connectivity index (χ0v) is 14.6. The molecule has 0 saturated carbocycles. The van der Waals surface area contributed by atoms with Crippen molar-refractivity contribution in [2.24, 2.45) is 0 Å². The molecule has 0 saturated heterocycles. The van der Waals surface area contributed by atoms with Gasteiger partial charge in [-0.1, -0.05) is 52.1 Å². The third-order valence-electron chi connectivity index (χ3n) is 3.09. The Labute approximate surface area is 142 Å². The maximum atomic E-state index is 14.2. The lowest BCUT2D eigenvalue weighted by Crippen LogP contribution is -2.24. The average molecular weight is 391 g/mol. The van der Waals surface area contributed by atoms with Crippen molar-refractivity contribution in [3.05, 3.63) is 67.9 Å². The van der Waals surface area contributed by atoms with E-state index in [-0.39, 0.29) is 11.9 Å². The van der Waals surface area contributed by atoms with Crippen LogP contribution >= 0.6 is 39.1 Å². The highest BCUT2D eigenvalue weighted by molar-refractivity contribution is 9.10. The van der Waals surface area contributed by atoms with E-state index in [9.17, 15) is 4.39 Å². The topological polar surface area (TPSA) is 12.0 Å². The van der Waals surface area contributed by atoms with Crippen molar-refractivity contribution in [1.82, 2.24) is 5.32 Å². The SMILES string of the molecule is CCCNC(c1cc(Cl)cc(Br)c1)c1ccc(Cl)cc1F. The molecule has 112 valence electrons. The van der Waals surface area contributed by atoms with Gasteiger partial charge in [-0.2, -0.15) is 0 Å². The van der Waals surface area contributed by atoms with Gasteiger partial charge in [0.25, 0.3) is 0 Å². The Bertz CT molecular complexity index is 613. The van der Waals surface area contributed by atoms with Gasteiger partial charge in [0.05, 0.1) is 6.04 Å². The van der Waals surface area contributed by atoms with Crippen LogP contribution in [-0.2, 0) is 0 Å². The van der Waals surface area contributed by atoms with E-state index in [2.05, 4.69) is 28.2 Å². The Balaban J connectivity index is 2.46. The summed E-state index contributed by atoms with van der Waals surface area (Å²) in [6, 6.07) is 10.1. The lowest BCUT2D eigenvalue weighted by atomic mass is 9.98. The molecule has 0 bridgehead atoms. The number of rotatable bonds is 5. The van der Waals surface area contributed by atoms with Gasteiger partial charge in [-0.05, 0) is 48.9 Å². The zero-order valence-electron chi connectivity index (χ0n) is 11.5. The molecule has 0 fully saturated rings. The fraction of sp³-hybridized carbons (Fsp3) is 0.250. The minimum Gasteiger partial charge on any atom is -0.306 e. The van der Waals surface area contributed by atoms with Gasteiger partial charge in [0.15, 0.2) is 0 Å². The van der Waals surface area contributed by atoms with E-state index in [1.807, 2.05) is 12.1 Å². The van der Waals surface area contributed by atoms with E-state index in [1.165, 1.54) is 6.07 Å². The summed E-state index contributed by atoms with van der Waals surface area (Å²) in [5, 5.41) is 4.35. The quantitative estimate of drug-likeness (QED) is 0.661. The lowest BCUT2D eigenvalue weighted by Gasteiger charge is -2.21. The van der Waals surface area contributed by atoms with Crippen molar-refractivity contribution in [2.45, 2.75) is 19.4 Å². The molecule has 0 spiro atoms. The zero-order chi connectivity index (χ0) is 15.4. The van der Waals surface area contributed by atoms with Crippen LogP contribution in [0.3, 0.4) is 0 Å². The first-order valence-electron chi connectivity index (χ1n) is 6.65. The van der Waals surface area contributed by atoms with Crippen LogP contribution in [0.1, 0.15) is 30.5 Å². The summed E-state index contributed by atoms with van der Waals surface area (Å²) in [6.45, 7) is 2.84. The van der Waals surface area contributed by atoms with Crippen LogP contribution in [0.2, 0.25) is 10.0 Å². The van der Waals surface area contributed by atoms with Crippen molar-refractivity contribution in [2.75, 3.05) is 6.54 Å². The summed E-state index contributed by atoms with van der Waals surface area (Å²) in [4.78, 5) is 0. The third-order valence-corrected chi connectivity index (χ3v) is 4.00. The van der Waals surface area contributed by atoms with Gasteiger partial charge >= 0.3 is 0 Å². The molecule has 0 radical (unpaired) electrons. The van der Waals surface area contributed by atoms with Gasteiger partial charge in [-0.15, -0.1) is 0 Å². The van der Waals surface area contributed by atoms with Crippen LogP contribution in [-0.4, -0.2) is 6.54 Å². The average Bonchev–Trinajstić information content (AvgIpc) is 2.40. The predicted octanol–water partition coefficient (Wildman–Crippen LogP) is 5.98. The molecular weight excluding hydrogens is 376 g/mol. The fourth-order valence-corrected chi connectivity index (χ4v) is 3.22. The molecule has 1 nitrogen and oxygen atoms in total. The highest BCUT2D eigenvalue weighted by atomic mass is 79.9. The number of hydrogen-bond acceptors (Lipinski definition) is 1. The molecule has 0 amide bonds. The predicted molar refractivity (Wildman–Crippen MR) is 90.7 cm³/mol. The molecule has 2 aromatic carbocycles. The van der Waals surface area contributed by atoms with E-state index in [1.54, 1.807) is 18.2 Å². The molecule has 0 aliphatic heterocycles. The van der Waals surface area contributed by atoms with E-state index < -0.39 is 0 Å². The summed E-state index contributed by atoms with van der Waals surface area (Å²) in [6.07, 6.45) is 0.952. The minimum absolute atomic E-state index is 0.266. The fourth-order valence-electron chi connectivity index (χ4n) is 2.17. The van der Waals surface area contributed by atoms with Crippen molar-refractivity contribution in [3.8, 4) is 0 Å². The smallest absolute Gasteiger partial charge is 0.129 e. The molecular formula is C16H15BrCl2FN. The van der Waals surface area contributed by atoms with Crippen molar-refractivity contribution in [1.29, 1.82) is 0 Å². The number of nitrogens with one attached hydrogen (secondary N) is 1. The second-order valence-corrected chi connectivity index (χ2v) is 6.54. The molecule has 1 N–H and O–H groups in total. The summed E-state index contributed by atoms with van der Waals surface area (Å²) < 4.78 is 15.1. The lowest BCUT2D eigenvalue weighted by molar-refractivity contribution is 0.546. The molecule has 0 heterocycles. The van der Waals surface area contributed by atoms with Gasteiger partial charge < -0.3 is 5.32 Å². The summed E-state index contributed by atoms with van der Waals surface area (Å²) in [7, 11) is 0. The molecule has 1 unspecified atom stereocenters. The second-order valence-electron chi connectivity index (χ2n) is 4.76. The monoisotopic (exact) mass is 389 g/mol. The molecule has 5 heteroatoms. The first-order chi connectivity index (χ1) is 10.0. The Morgan fingerprint density at radius 3 is 2.52 bits per heavy atom. The Hall–Kier alpha value is -0.610. The van der Waals surface area contributed by atoms with Gasteiger partial charge in [-0.3, -0.25) is 0 Å². The van der Waals surface area contributed by atoms with Crippen LogP contribution in [0, 0.1) is 5.82 Å². The maximum absolute atomic E-state index is 14.2. The Morgan fingerprint density at radius 2 is 1.90 bits per heavy atom. The first-order valence-corrected chi connectivity index (χ1v) is 8.20. The summed E-state index contributed by atoms with van der Waals surface area (Å²) >= 11 is 15.4. The van der Waals surface area contributed by atoms with E-state index in [0.29, 0.717) is 15.6 Å². The number of benzene rings is 2. The largest absolute Gasteiger partial charge is 0.306 e. The van der Waals surface area contributed by atoms with E-state index >= 15 is 0 Å². The van der Waals surface area contributed by atoms with E-state index in [0.717, 1.165) is 23.0 Å². The second kappa shape index (κ2) is 7.59. The molecule has 0 aliphatic rings. The molecule has 0 aromatic heterocycles. The molecule has 2 aromatic rings. The number of hydrogen-bond donors (Lipinski definition) is 1. The van der Waals surface area contributed by atoms with Gasteiger partial charge in [0, 0.05) is 20.1 Å². The Morgan fingerprint density at radius 1 is 1.14 bits per heavy atom. The molecule has 1 atom stereocenters. The number of halogens is 4. The first kappa shape index (κ1) is 16.8. The van der Waals surface area contributed by atoms with Crippen molar-refractivity contribution >= 4 is 39.1 Å². The Kier molecular flexibility index (Phi) is 6.06. The van der Waals surface area contributed by atoms with Crippen LogP contribution in [0.4, 0.5) is 4.39 Å². The normalized spacial score (nSPS) is 12.4. The van der Waals surface area contributed by atoms with E-state index in [4.69, 9.17) is 23.2 Å². The van der Waals surface area contributed by atoms with Gasteiger partial charge in [-0.25, -0.2) is 4.39 Å². The standard InChI is InChI=1S/C16H15BrCl2FN/c1-2-5-21-16(10-6-11(17)8-13(19)7-10)14-4-3-12(18)9-15(14)20/h3-4,6-9,16,21H,2,5H2,1H3. The van der Waals surface area contributed by atoms with Crippen LogP contribution in [0.25, 0.3) is 0 Å². The summed E-state index contributed by atoms with van der Waals surface area (Å²) in [5.74, 6) is -0.327. The van der Waals surface area contributed by atoms with Gasteiger partial charge in [0.2, 0.25) is 0 Å². The van der Waals surface area contributed by atoms with Crippen LogP contribution in [0.15, 0.2) is 40.9 Å². The van der Waals surface area contributed by atoms with Crippen molar-refractivity contribution in [3.63, 3.8) is 0 Å². The summed E-state index contributed by atoms with van der Waals surface area (Å²) in [5.41, 5.74) is 1.46. The highest BCUT2D eigenvalue weighted by Crippen LogP contribution is 2.30. The van der Waals surface area contributed by atoms with Crippen LogP contribution in [0.5, 0.6) is 0 Å². The highest BCUT2D eigenvalue weighted by Gasteiger charge is 2.18. The molecule has 0 aliphatic carbocycles.